The summed E-state index contributed by atoms with van der Waals surface area (Å²) < 4.78 is 24.1. The monoisotopic (exact) mass is 303 g/mol. The summed E-state index contributed by atoms with van der Waals surface area (Å²) in [6, 6.07) is 7.06. The zero-order chi connectivity index (χ0) is 14.5. The molecule has 0 aromatic heterocycles. The Kier molecular flexibility index (Phi) is 5.83. The summed E-state index contributed by atoms with van der Waals surface area (Å²) in [6.07, 6.45) is 1.45. The van der Waals surface area contributed by atoms with Crippen molar-refractivity contribution in [2.75, 3.05) is 12.3 Å². The third kappa shape index (κ3) is 5.93. The van der Waals surface area contributed by atoms with Crippen LogP contribution in [0, 0.1) is 5.41 Å². The third-order valence-corrected chi connectivity index (χ3v) is 5.22. The van der Waals surface area contributed by atoms with Gasteiger partial charge < -0.3 is 5.73 Å². The van der Waals surface area contributed by atoms with Crippen LogP contribution in [0.5, 0.6) is 0 Å². The molecule has 1 rings (SSSR count). The molecule has 108 valence electrons. The van der Waals surface area contributed by atoms with Crippen LogP contribution in [-0.4, -0.2) is 20.7 Å². The molecule has 19 heavy (non-hydrogen) atoms. The van der Waals surface area contributed by atoms with Crippen molar-refractivity contribution in [3.63, 3.8) is 0 Å². The lowest BCUT2D eigenvalue weighted by Crippen LogP contribution is -2.24. The van der Waals surface area contributed by atoms with E-state index in [4.69, 9.17) is 17.3 Å². The molecule has 0 aliphatic heterocycles. The first-order valence-electron chi connectivity index (χ1n) is 6.40. The summed E-state index contributed by atoms with van der Waals surface area (Å²) in [4.78, 5) is 0. The highest BCUT2D eigenvalue weighted by atomic mass is 35.5. The predicted molar refractivity (Wildman–Crippen MR) is 81.0 cm³/mol. The van der Waals surface area contributed by atoms with Crippen LogP contribution in [-0.2, 0) is 15.6 Å². The van der Waals surface area contributed by atoms with E-state index in [1.165, 1.54) is 0 Å². The first-order chi connectivity index (χ1) is 8.76. The number of hydrogen-bond donors (Lipinski definition) is 1. The Bertz CT molecular complexity index is 512. The van der Waals surface area contributed by atoms with Gasteiger partial charge in [-0.05, 0) is 36.4 Å². The first kappa shape index (κ1) is 16.5. The molecule has 5 heteroatoms. The maximum atomic E-state index is 12.0. The lowest BCUT2D eigenvalue weighted by molar-refractivity contribution is 0.344. The molecule has 0 aliphatic rings. The normalized spacial score (nSPS) is 12.6. The number of nitrogens with two attached hydrogens (primary N) is 1. The molecule has 2 N–H and O–H groups in total. The van der Waals surface area contributed by atoms with Crippen molar-refractivity contribution in [3.8, 4) is 0 Å². The Morgan fingerprint density at radius 3 is 2.47 bits per heavy atom. The Labute approximate surface area is 121 Å². The second-order valence-corrected chi connectivity index (χ2v) is 8.25. The van der Waals surface area contributed by atoms with E-state index in [1.54, 1.807) is 24.3 Å². The molecule has 1 aromatic rings. The fraction of sp³-hybridized carbons (Fsp3) is 0.571. The topological polar surface area (TPSA) is 60.2 Å². The molecule has 0 amide bonds. The van der Waals surface area contributed by atoms with Gasteiger partial charge in [0.15, 0.2) is 9.84 Å². The first-order valence-corrected chi connectivity index (χ1v) is 8.60. The molecule has 0 saturated heterocycles. The van der Waals surface area contributed by atoms with Crippen LogP contribution in [0.25, 0.3) is 0 Å². The SMILES string of the molecule is CC(C)(CN)CCCS(=O)(=O)Cc1ccccc1Cl. The van der Waals surface area contributed by atoms with Gasteiger partial charge in [-0.15, -0.1) is 0 Å². The number of halogens is 1. The molecular weight excluding hydrogens is 282 g/mol. The molecule has 0 saturated carbocycles. The quantitative estimate of drug-likeness (QED) is 0.842. The standard InChI is InChI=1S/C14H22ClNO2S/c1-14(2,11-16)8-5-9-19(17,18)10-12-6-3-4-7-13(12)15/h3-4,6-7H,5,8-11,16H2,1-2H3. The van der Waals surface area contributed by atoms with Crippen molar-refractivity contribution in [2.45, 2.75) is 32.4 Å². The average molecular weight is 304 g/mol. The van der Waals surface area contributed by atoms with Gasteiger partial charge in [0, 0.05) is 5.02 Å². The van der Waals surface area contributed by atoms with Crippen molar-refractivity contribution < 1.29 is 8.42 Å². The Morgan fingerprint density at radius 1 is 1.26 bits per heavy atom. The average Bonchev–Trinajstić information content (AvgIpc) is 2.31. The molecule has 1 aromatic carbocycles. The van der Waals surface area contributed by atoms with Gasteiger partial charge >= 0.3 is 0 Å². The van der Waals surface area contributed by atoms with Gasteiger partial charge in [-0.2, -0.15) is 0 Å². The largest absolute Gasteiger partial charge is 0.330 e. The maximum Gasteiger partial charge on any atom is 0.154 e. The fourth-order valence-corrected chi connectivity index (χ4v) is 3.53. The van der Waals surface area contributed by atoms with Gasteiger partial charge in [-0.25, -0.2) is 8.42 Å². The summed E-state index contributed by atoms with van der Waals surface area (Å²) in [7, 11) is -3.11. The molecule has 0 aliphatic carbocycles. The van der Waals surface area contributed by atoms with Crippen LogP contribution in [0.2, 0.25) is 5.02 Å². The highest BCUT2D eigenvalue weighted by Gasteiger charge is 2.18. The smallest absolute Gasteiger partial charge is 0.154 e. The summed E-state index contributed by atoms with van der Waals surface area (Å²) in [5.41, 5.74) is 6.30. The second-order valence-electron chi connectivity index (χ2n) is 5.66. The maximum absolute atomic E-state index is 12.0. The molecule has 0 spiro atoms. The van der Waals surface area contributed by atoms with Crippen LogP contribution in [0.1, 0.15) is 32.3 Å². The molecule has 0 unspecified atom stereocenters. The zero-order valence-corrected chi connectivity index (χ0v) is 13.1. The minimum absolute atomic E-state index is 0.0000873. The number of sulfone groups is 1. The van der Waals surface area contributed by atoms with E-state index in [2.05, 4.69) is 0 Å². The van der Waals surface area contributed by atoms with E-state index >= 15 is 0 Å². The lowest BCUT2D eigenvalue weighted by Gasteiger charge is -2.21. The fourth-order valence-electron chi connectivity index (χ4n) is 1.80. The predicted octanol–water partition coefficient (Wildman–Crippen LogP) is 3.02. The van der Waals surface area contributed by atoms with Crippen LogP contribution in [0.4, 0.5) is 0 Å². The van der Waals surface area contributed by atoms with Crippen molar-refractivity contribution >= 4 is 21.4 Å². The van der Waals surface area contributed by atoms with E-state index in [9.17, 15) is 8.42 Å². The van der Waals surface area contributed by atoms with Crippen LogP contribution in [0.15, 0.2) is 24.3 Å². The molecule has 3 nitrogen and oxygen atoms in total. The van der Waals surface area contributed by atoms with Crippen molar-refractivity contribution in [2.24, 2.45) is 11.1 Å². The van der Waals surface area contributed by atoms with Crippen molar-refractivity contribution in [1.82, 2.24) is 0 Å². The summed E-state index contributed by atoms with van der Waals surface area (Å²) in [5, 5.41) is 0.508. The van der Waals surface area contributed by atoms with Crippen LogP contribution < -0.4 is 5.73 Å². The van der Waals surface area contributed by atoms with Gasteiger partial charge in [-0.3, -0.25) is 0 Å². The van der Waals surface area contributed by atoms with Gasteiger partial charge in [0.1, 0.15) is 0 Å². The highest BCUT2D eigenvalue weighted by Crippen LogP contribution is 2.22. The number of rotatable bonds is 7. The number of benzene rings is 1. The van der Waals surface area contributed by atoms with E-state index in [0.717, 1.165) is 6.42 Å². The van der Waals surface area contributed by atoms with E-state index in [1.807, 2.05) is 13.8 Å². The summed E-state index contributed by atoms with van der Waals surface area (Å²) >= 11 is 5.98. The summed E-state index contributed by atoms with van der Waals surface area (Å²) in [6.45, 7) is 4.67. The van der Waals surface area contributed by atoms with Crippen molar-refractivity contribution in [1.29, 1.82) is 0 Å². The Balaban J connectivity index is 2.56. The Hall–Kier alpha value is -0.580. The van der Waals surface area contributed by atoms with Gasteiger partial charge in [0.2, 0.25) is 0 Å². The molecule has 0 radical (unpaired) electrons. The van der Waals surface area contributed by atoms with Crippen LogP contribution >= 0.6 is 11.6 Å². The highest BCUT2D eigenvalue weighted by molar-refractivity contribution is 7.90. The Morgan fingerprint density at radius 2 is 1.89 bits per heavy atom. The third-order valence-electron chi connectivity index (χ3n) is 3.19. The van der Waals surface area contributed by atoms with Gasteiger partial charge in [-0.1, -0.05) is 43.6 Å². The minimum Gasteiger partial charge on any atom is -0.330 e. The molecular formula is C14H22ClNO2S. The van der Waals surface area contributed by atoms with Gasteiger partial charge in [0.25, 0.3) is 0 Å². The van der Waals surface area contributed by atoms with Crippen LogP contribution in [0.3, 0.4) is 0 Å². The number of hydrogen-bond acceptors (Lipinski definition) is 3. The zero-order valence-electron chi connectivity index (χ0n) is 11.5. The van der Waals surface area contributed by atoms with Crippen molar-refractivity contribution in [3.05, 3.63) is 34.9 Å². The lowest BCUT2D eigenvalue weighted by atomic mass is 9.88. The summed E-state index contributed by atoms with van der Waals surface area (Å²) in [5.74, 6) is 0.192. The van der Waals surface area contributed by atoms with E-state index in [0.29, 0.717) is 23.6 Å². The molecule has 0 fully saturated rings. The minimum atomic E-state index is -3.11. The molecule has 0 heterocycles. The van der Waals surface area contributed by atoms with Gasteiger partial charge in [0.05, 0.1) is 11.5 Å². The second kappa shape index (κ2) is 6.73. The molecule has 0 atom stereocenters. The van der Waals surface area contributed by atoms with E-state index < -0.39 is 9.84 Å². The van der Waals surface area contributed by atoms with E-state index in [-0.39, 0.29) is 16.9 Å². The molecule has 0 bridgehead atoms.